The fourth-order valence-corrected chi connectivity index (χ4v) is 8.75. The van der Waals surface area contributed by atoms with E-state index in [0.717, 1.165) is 33.1 Å². The quantitative estimate of drug-likeness (QED) is 0.170. The van der Waals surface area contributed by atoms with Crippen LogP contribution in [0.4, 0.5) is 0 Å². The van der Waals surface area contributed by atoms with Gasteiger partial charge in [-0.3, -0.25) is 0 Å². The van der Waals surface area contributed by atoms with E-state index in [-0.39, 0.29) is 0 Å². The van der Waals surface area contributed by atoms with Crippen LogP contribution < -0.4 is 0 Å². The third kappa shape index (κ3) is 4.58. The normalized spacial score (nSPS) is 11.8. The zero-order valence-electron chi connectivity index (χ0n) is 28.9. The van der Waals surface area contributed by atoms with E-state index in [1.807, 2.05) is 0 Å². The highest BCUT2D eigenvalue weighted by Gasteiger charge is 2.23. The second-order valence-electron chi connectivity index (χ2n) is 13.9. The fraction of sp³-hybridized carbons (Fsp3) is 0. The lowest BCUT2D eigenvalue weighted by molar-refractivity contribution is 0.670. The maximum Gasteiger partial charge on any atom is 0.143 e. The van der Waals surface area contributed by atoms with Gasteiger partial charge in [0.1, 0.15) is 11.2 Å². The second-order valence-corrected chi connectivity index (χ2v) is 13.9. The van der Waals surface area contributed by atoms with Gasteiger partial charge in [-0.25, -0.2) is 0 Å². The van der Waals surface area contributed by atoms with Crippen molar-refractivity contribution in [2.75, 3.05) is 0 Å². The lowest BCUT2D eigenvalue weighted by Crippen LogP contribution is -1.94. The van der Waals surface area contributed by atoms with Crippen LogP contribution in [0.2, 0.25) is 0 Å². The number of rotatable bonds is 4. The molecule has 0 saturated heterocycles. The first-order chi connectivity index (χ1) is 26.3. The van der Waals surface area contributed by atoms with Crippen LogP contribution in [0.5, 0.6) is 0 Å². The van der Waals surface area contributed by atoms with Crippen LogP contribution in [0.3, 0.4) is 0 Å². The first kappa shape index (κ1) is 29.7. The van der Waals surface area contributed by atoms with E-state index in [1.165, 1.54) is 76.5 Å². The molecule has 1 nitrogen and oxygen atoms in total. The zero-order chi connectivity index (χ0) is 34.9. The van der Waals surface area contributed by atoms with Gasteiger partial charge >= 0.3 is 0 Å². The van der Waals surface area contributed by atoms with Crippen LogP contribution in [0.15, 0.2) is 199 Å². The topological polar surface area (TPSA) is 13.1 Å². The molecule has 0 aliphatic carbocycles. The molecular weight excluding hydrogens is 641 g/mol. The molecule has 0 spiro atoms. The summed E-state index contributed by atoms with van der Waals surface area (Å²) in [4.78, 5) is 0. The molecule has 0 aliphatic rings. The summed E-state index contributed by atoms with van der Waals surface area (Å²) in [6.45, 7) is 0. The van der Waals surface area contributed by atoms with Gasteiger partial charge < -0.3 is 4.42 Å². The fourth-order valence-electron chi connectivity index (χ4n) is 8.75. The van der Waals surface area contributed by atoms with Crippen LogP contribution in [-0.2, 0) is 0 Å². The van der Waals surface area contributed by atoms with Crippen molar-refractivity contribution in [2.24, 2.45) is 0 Å². The molecule has 11 aromatic rings. The summed E-state index contributed by atoms with van der Waals surface area (Å²) in [6.07, 6.45) is 0. The molecule has 10 aromatic carbocycles. The smallest absolute Gasteiger partial charge is 0.143 e. The van der Waals surface area contributed by atoms with E-state index in [1.54, 1.807) is 0 Å². The molecule has 0 saturated carbocycles. The molecule has 53 heavy (non-hydrogen) atoms. The molecule has 1 heterocycles. The Morgan fingerprint density at radius 1 is 0.283 bits per heavy atom. The van der Waals surface area contributed by atoms with Crippen LogP contribution in [0, 0.1) is 0 Å². The average molecular weight is 673 g/mol. The molecule has 0 amide bonds. The highest BCUT2D eigenvalue weighted by molar-refractivity contribution is 6.26. The number of hydrogen-bond acceptors (Lipinski definition) is 1. The standard InChI is InChI=1S/C52H32O/c1-3-15-33(16-4-1)45-31-37(32-46-51-39-22-10-8-18-35(39)28-30-47(51)53-52(45)46)49-40-23-11-13-25-42(40)50(43-26-14-12-24-41(43)49)44-29-27-34-17-7-9-21-38(34)48(44)36-19-5-2-6-20-36/h1-32H. The Labute approximate surface area is 307 Å². The summed E-state index contributed by atoms with van der Waals surface area (Å²) in [6, 6.07) is 70.5. The molecule has 0 aliphatic heterocycles. The minimum absolute atomic E-state index is 0.905. The summed E-state index contributed by atoms with van der Waals surface area (Å²) >= 11 is 0. The van der Waals surface area contributed by atoms with E-state index < -0.39 is 0 Å². The van der Waals surface area contributed by atoms with Crippen LogP contribution in [0.25, 0.3) is 110 Å². The maximum absolute atomic E-state index is 6.78. The van der Waals surface area contributed by atoms with E-state index >= 15 is 0 Å². The molecule has 0 fully saturated rings. The Morgan fingerprint density at radius 3 is 1.45 bits per heavy atom. The summed E-state index contributed by atoms with van der Waals surface area (Å²) in [5.74, 6) is 0. The van der Waals surface area contributed by atoms with Crippen LogP contribution >= 0.6 is 0 Å². The third-order valence-electron chi connectivity index (χ3n) is 11.0. The summed E-state index contributed by atoms with van der Waals surface area (Å²) in [5, 5.41) is 12.1. The monoisotopic (exact) mass is 672 g/mol. The Morgan fingerprint density at radius 2 is 0.792 bits per heavy atom. The first-order valence-electron chi connectivity index (χ1n) is 18.3. The van der Waals surface area contributed by atoms with Gasteiger partial charge in [-0.15, -0.1) is 0 Å². The Bertz CT molecular complexity index is 3150. The van der Waals surface area contributed by atoms with E-state index in [4.69, 9.17) is 4.42 Å². The molecule has 0 unspecified atom stereocenters. The van der Waals surface area contributed by atoms with Crippen molar-refractivity contribution in [1.82, 2.24) is 0 Å². The Balaban J connectivity index is 1.29. The summed E-state index contributed by atoms with van der Waals surface area (Å²) in [7, 11) is 0. The molecule has 0 N–H and O–H groups in total. The number of benzene rings is 10. The minimum Gasteiger partial charge on any atom is -0.455 e. The van der Waals surface area contributed by atoms with Crippen molar-refractivity contribution in [3.05, 3.63) is 194 Å². The Kier molecular flexibility index (Phi) is 6.62. The highest BCUT2D eigenvalue weighted by Crippen LogP contribution is 2.49. The second kappa shape index (κ2) is 11.8. The predicted octanol–water partition coefficient (Wildman–Crippen LogP) is 14.9. The van der Waals surface area contributed by atoms with Gasteiger partial charge in [0, 0.05) is 16.3 Å². The van der Waals surface area contributed by atoms with E-state index in [9.17, 15) is 0 Å². The van der Waals surface area contributed by atoms with Gasteiger partial charge in [-0.1, -0.05) is 176 Å². The lowest BCUT2D eigenvalue weighted by atomic mass is 9.82. The largest absolute Gasteiger partial charge is 0.455 e. The van der Waals surface area contributed by atoms with E-state index in [2.05, 4.69) is 194 Å². The van der Waals surface area contributed by atoms with Gasteiger partial charge in [0.25, 0.3) is 0 Å². The highest BCUT2D eigenvalue weighted by atomic mass is 16.3. The van der Waals surface area contributed by atoms with Gasteiger partial charge in [0.2, 0.25) is 0 Å². The summed E-state index contributed by atoms with van der Waals surface area (Å²) in [5.41, 5.74) is 11.4. The van der Waals surface area contributed by atoms with Crippen LogP contribution in [-0.4, -0.2) is 0 Å². The number of hydrogen-bond donors (Lipinski definition) is 0. The molecule has 11 rings (SSSR count). The number of fused-ring (bicyclic) bond motifs is 8. The third-order valence-corrected chi connectivity index (χ3v) is 11.0. The minimum atomic E-state index is 0.905. The van der Waals surface area contributed by atoms with Gasteiger partial charge in [-0.2, -0.15) is 0 Å². The average Bonchev–Trinajstić information content (AvgIpc) is 3.62. The van der Waals surface area contributed by atoms with Crippen molar-refractivity contribution in [3.8, 4) is 44.5 Å². The van der Waals surface area contributed by atoms with Crippen molar-refractivity contribution >= 4 is 65.0 Å². The van der Waals surface area contributed by atoms with Gasteiger partial charge in [0.05, 0.1) is 0 Å². The van der Waals surface area contributed by atoms with Crippen molar-refractivity contribution in [1.29, 1.82) is 0 Å². The Hall–Kier alpha value is -6.96. The molecular formula is C52H32O. The van der Waals surface area contributed by atoms with E-state index in [0.29, 0.717) is 0 Å². The zero-order valence-corrected chi connectivity index (χ0v) is 28.9. The van der Waals surface area contributed by atoms with Crippen molar-refractivity contribution in [3.63, 3.8) is 0 Å². The molecule has 0 radical (unpaired) electrons. The molecule has 0 atom stereocenters. The number of furan rings is 1. The molecule has 0 bridgehead atoms. The summed E-state index contributed by atoms with van der Waals surface area (Å²) < 4.78 is 6.78. The molecule has 1 aromatic heterocycles. The SMILES string of the molecule is c1ccc(-c2c(-c3c4ccccc4c(-c4cc(-c5ccccc5)c5oc6ccc7ccccc7c6c5c4)c4ccccc34)ccc3ccccc23)cc1. The van der Waals surface area contributed by atoms with Gasteiger partial charge in [0.15, 0.2) is 0 Å². The van der Waals surface area contributed by atoms with Crippen LogP contribution in [0.1, 0.15) is 0 Å². The molecule has 246 valence electrons. The maximum atomic E-state index is 6.78. The van der Waals surface area contributed by atoms with Gasteiger partial charge in [-0.05, 0) is 100 Å². The first-order valence-corrected chi connectivity index (χ1v) is 18.3. The molecule has 1 heteroatoms. The lowest BCUT2D eigenvalue weighted by Gasteiger charge is -2.21. The van der Waals surface area contributed by atoms with Crippen molar-refractivity contribution in [2.45, 2.75) is 0 Å². The van der Waals surface area contributed by atoms with Crippen molar-refractivity contribution < 1.29 is 4.42 Å². The predicted molar refractivity (Wildman–Crippen MR) is 225 cm³/mol.